The van der Waals surface area contributed by atoms with E-state index in [1.165, 1.54) is 19.2 Å². The van der Waals surface area contributed by atoms with E-state index < -0.39 is 11.8 Å². The lowest BCUT2D eigenvalue weighted by molar-refractivity contribution is 0.0594. The number of hydrogen-bond acceptors (Lipinski definition) is 4. The Labute approximate surface area is 115 Å². The molecule has 102 valence electrons. The highest BCUT2D eigenvalue weighted by Gasteiger charge is 2.08. The first-order chi connectivity index (χ1) is 9.63. The molecule has 0 aliphatic carbocycles. The summed E-state index contributed by atoms with van der Waals surface area (Å²) in [6.45, 7) is 0.410. The summed E-state index contributed by atoms with van der Waals surface area (Å²) >= 11 is 0. The van der Waals surface area contributed by atoms with E-state index in [0.717, 1.165) is 5.69 Å². The molecule has 0 saturated heterocycles. The lowest BCUT2D eigenvalue weighted by atomic mass is 10.2. The Balaban J connectivity index is 2.04. The molecule has 0 unspecified atom stereocenters. The number of aromatic nitrogens is 1. The fourth-order valence-electron chi connectivity index (χ4n) is 1.69. The molecule has 6 heteroatoms. The van der Waals surface area contributed by atoms with Crippen molar-refractivity contribution in [1.82, 2.24) is 4.98 Å². The lowest BCUT2D eigenvalue weighted by Crippen LogP contribution is -2.04. The van der Waals surface area contributed by atoms with Crippen molar-refractivity contribution in [2.24, 2.45) is 0 Å². The number of esters is 1. The Morgan fingerprint density at radius 2 is 2.25 bits per heavy atom. The molecular formula is C14H12FN3O2. The molecule has 2 N–H and O–H groups in total. The maximum atomic E-state index is 13.2. The highest BCUT2D eigenvalue weighted by atomic mass is 19.1. The molecule has 0 aliphatic heterocycles. The fourth-order valence-corrected chi connectivity index (χ4v) is 1.69. The number of methoxy groups -OCH3 is 1. The average Bonchev–Trinajstić information content (AvgIpc) is 2.94. The van der Waals surface area contributed by atoms with E-state index in [1.54, 1.807) is 24.3 Å². The fraction of sp³-hybridized carbons (Fsp3) is 0.143. The number of H-pyrrole nitrogens is 1. The quantitative estimate of drug-likeness (QED) is 0.839. The number of halogens is 1. The summed E-state index contributed by atoms with van der Waals surface area (Å²) in [7, 11) is 1.31. The number of hydrogen-bond donors (Lipinski definition) is 2. The molecule has 2 rings (SSSR count). The zero-order chi connectivity index (χ0) is 14.5. The van der Waals surface area contributed by atoms with Crippen LogP contribution in [0.15, 0.2) is 30.3 Å². The first-order valence-electron chi connectivity index (χ1n) is 5.83. The average molecular weight is 273 g/mol. The third-order valence-electron chi connectivity index (χ3n) is 2.72. The minimum Gasteiger partial charge on any atom is -0.464 e. The van der Waals surface area contributed by atoms with Crippen molar-refractivity contribution in [2.75, 3.05) is 12.4 Å². The summed E-state index contributed by atoms with van der Waals surface area (Å²) < 4.78 is 17.7. The summed E-state index contributed by atoms with van der Waals surface area (Å²) in [5, 5.41) is 11.8. The van der Waals surface area contributed by atoms with Crippen molar-refractivity contribution in [1.29, 1.82) is 5.26 Å². The molecule has 1 heterocycles. The molecule has 0 atom stereocenters. The molecule has 0 spiro atoms. The summed E-state index contributed by atoms with van der Waals surface area (Å²) in [5.41, 5.74) is 1.74. The van der Waals surface area contributed by atoms with Crippen molar-refractivity contribution in [3.05, 3.63) is 53.1 Å². The molecule has 0 bridgehead atoms. The van der Waals surface area contributed by atoms with Gasteiger partial charge in [0.25, 0.3) is 0 Å². The van der Waals surface area contributed by atoms with Gasteiger partial charge in [0.1, 0.15) is 17.6 Å². The van der Waals surface area contributed by atoms with Gasteiger partial charge < -0.3 is 15.0 Å². The number of benzene rings is 1. The largest absolute Gasteiger partial charge is 0.464 e. The number of nitrogens with zero attached hydrogens (tertiary/aromatic N) is 1. The second kappa shape index (κ2) is 5.89. The monoisotopic (exact) mass is 273 g/mol. The Kier molecular flexibility index (Phi) is 4.01. The molecule has 2 aromatic rings. The number of nitriles is 1. The Bertz CT molecular complexity index is 673. The van der Waals surface area contributed by atoms with E-state index in [-0.39, 0.29) is 5.56 Å². The lowest BCUT2D eigenvalue weighted by Gasteiger charge is -2.05. The van der Waals surface area contributed by atoms with Crippen LogP contribution < -0.4 is 5.32 Å². The molecule has 1 aromatic carbocycles. The molecule has 0 radical (unpaired) electrons. The van der Waals surface area contributed by atoms with Crippen LogP contribution in [0.5, 0.6) is 0 Å². The van der Waals surface area contributed by atoms with Gasteiger partial charge in [0.15, 0.2) is 0 Å². The first kappa shape index (κ1) is 13.6. The van der Waals surface area contributed by atoms with Crippen molar-refractivity contribution in [3.63, 3.8) is 0 Å². The minimum absolute atomic E-state index is 0.0169. The third-order valence-corrected chi connectivity index (χ3v) is 2.72. The number of rotatable bonds is 4. The smallest absolute Gasteiger partial charge is 0.354 e. The molecule has 0 amide bonds. The first-order valence-corrected chi connectivity index (χ1v) is 5.83. The topological polar surface area (TPSA) is 77.9 Å². The summed E-state index contributed by atoms with van der Waals surface area (Å²) in [5.74, 6) is -0.990. The Morgan fingerprint density at radius 1 is 1.45 bits per heavy atom. The zero-order valence-corrected chi connectivity index (χ0v) is 10.7. The van der Waals surface area contributed by atoms with Gasteiger partial charge >= 0.3 is 5.97 Å². The molecule has 0 saturated carbocycles. The van der Waals surface area contributed by atoms with E-state index in [1.807, 2.05) is 0 Å². The van der Waals surface area contributed by atoms with Crippen LogP contribution in [0.3, 0.4) is 0 Å². The van der Waals surface area contributed by atoms with Crippen molar-refractivity contribution in [3.8, 4) is 6.07 Å². The number of ether oxygens (including phenoxy) is 1. The maximum Gasteiger partial charge on any atom is 0.354 e. The number of aromatic amines is 1. The Morgan fingerprint density at radius 3 is 2.95 bits per heavy atom. The van der Waals surface area contributed by atoms with Gasteiger partial charge in [0, 0.05) is 11.4 Å². The normalized spacial score (nSPS) is 9.85. The number of carbonyl (C=O) groups is 1. The van der Waals surface area contributed by atoms with Gasteiger partial charge in [-0.1, -0.05) is 0 Å². The molecule has 0 aliphatic rings. The van der Waals surface area contributed by atoms with E-state index in [2.05, 4.69) is 15.0 Å². The van der Waals surface area contributed by atoms with Gasteiger partial charge in [-0.2, -0.15) is 5.26 Å². The van der Waals surface area contributed by atoms with Crippen molar-refractivity contribution >= 4 is 11.7 Å². The van der Waals surface area contributed by atoms with Gasteiger partial charge in [-0.25, -0.2) is 9.18 Å². The van der Waals surface area contributed by atoms with Crippen LogP contribution in [-0.2, 0) is 11.3 Å². The molecule has 20 heavy (non-hydrogen) atoms. The van der Waals surface area contributed by atoms with Crippen molar-refractivity contribution < 1.29 is 13.9 Å². The van der Waals surface area contributed by atoms with E-state index in [4.69, 9.17) is 5.26 Å². The van der Waals surface area contributed by atoms with Crippen LogP contribution >= 0.6 is 0 Å². The van der Waals surface area contributed by atoms with Crippen LogP contribution in [0.25, 0.3) is 0 Å². The second-order valence-electron chi connectivity index (χ2n) is 4.05. The molecule has 1 aromatic heterocycles. The zero-order valence-electron chi connectivity index (χ0n) is 10.7. The number of anilines is 1. The highest BCUT2D eigenvalue weighted by Crippen LogP contribution is 2.15. The van der Waals surface area contributed by atoms with Gasteiger partial charge in [-0.15, -0.1) is 0 Å². The Hall–Kier alpha value is -2.81. The summed E-state index contributed by atoms with van der Waals surface area (Å²) in [6, 6.07) is 9.34. The van der Waals surface area contributed by atoms with E-state index >= 15 is 0 Å². The van der Waals surface area contributed by atoms with Crippen LogP contribution in [0.1, 0.15) is 21.7 Å². The van der Waals surface area contributed by atoms with E-state index in [9.17, 15) is 9.18 Å². The van der Waals surface area contributed by atoms with Crippen LogP contribution in [-0.4, -0.2) is 18.1 Å². The number of carbonyl (C=O) groups excluding carboxylic acids is 1. The standard InChI is InChI=1S/C14H12FN3O2/c1-20-14(19)13-5-3-11(18-13)8-17-10-2-4-12(15)9(6-10)7-16/h2-6,17-18H,8H2,1H3. The second-order valence-corrected chi connectivity index (χ2v) is 4.05. The summed E-state index contributed by atoms with van der Waals surface area (Å²) in [6.07, 6.45) is 0. The van der Waals surface area contributed by atoms with Crippen LogP contribution in [0.2, 0.25) is 0 Å². The highest BCUT2D eigenvalue weighted by molar-refractivity contribution is 5.87. The third kappa shape index (κ3) is 2.95. The van der Waals surface area contributed by atoms with Gasteiger partial charge in [-0.3, -0.25) is 0 Å². The summed E-state index contributed by atoms with van der Waals surface area (Å²) in [4.78, 5) is 14.2. The van der Waals surface area contributed by atoms with Gasteiger partial charge in [-0.05, 0) is 30.3 Å². The van der Waals surface area contributed by atoms with Crippen LogP contribution in [0.4, 0.5) is 10.1 Å². The van der Waals surface area contributed by atoms with Crippen molar-refractivity contribution in [2.45, 2.75) is 6.54 Å². The minimum atomic E-state index is -0.550. The predicted molar refractivity (Wildman–Crippen MR) is 70.6 cm³/mol. The molecular weight excluding hydrogens is 261 g/mol. The van der Waals surface area contributed by atoms with E-state index in [0.29, 0.717) is 17.9 Å². The predicted octanol–water partition coefficient (Wildman–Crippen LogP) is 2.42. The maximum absolute atomic E-state index is 13.2. The van der Waals surface area contributed by atoms with Gasteiger partial charge in [0.05, 0.1) is 19.2 Å². The number of nitrogens with one attached hydrogen (secondary N) is 2. The van der Waals surface area contributed by atoms with Gasteiger partial charge in [0.2, 0.25) is 0 Å². The molecule has 0 fully saturated rings. The SMILES string of the molecule is COC(=O)c1ccc(CNc2ccc(F)c(C#N)c2)[nH]1. The molecule has 5 nitrogen and oxygen atoms in total. The van der Waals surface area contributed by atoms with Crippen LogP contribution in [0, 0.1) is 17.1 Å².